The van der Waals surface area contributed by atoms with Gasteiger partial charge in [-0.25, -0.2) is 13.6 Å². The fraction of sp³-hybridized carbons (Fsp3) is 0.400. The van der Waals surface area contributed by atoms with Crippen LogP contribution < -0.4 is 10.5 Å². The molecule has 0 aliphatic heterocycles. The molecule has 0 saturated carbocycles. The van der Waals surface area contributed by atoms with E-state index in [9.17, 15) is 8.42 Å². The molecule has 4 nitrogen and oxygen atoms in total. The molecule has 84 valence electrons. The SMILES string of the molecule is Cc1cccc(C)c1NCCS(N)(=O)=O. The third-order valence-corrected chi connectivity index (χ3v) is 2.94. The lowest BCUT2D eigenvalue weighted by Gasteiger charge is -2.11. The number of anilines is 1. The lowest BCUT2D eigenvalue weighted by atomic mass is 10.1. The van der Waals surface area contributed by atoms with E-state index < -0.39 is 10.0 Å². The van der Waals surface area contributed by atoms with Gasteiger partial charge < -0.3 is 5.32 Å². The molecule has 15 heavy (non-hydrogen) atoms. The molecule has 0 unspecified atom stereocenters. The van der Waals surface area contributed by atoms with E-state index in [2.05, 4.69) is 5.32 Å². The predicted octanol–water partition coefficient (Wildman–Crippen LogP) is 1.00. The molecular weight excluding hydrogens is 212 g/mol. The molecule has 0 heterocycles. The van der Waals surface area contributed by atoms with Crippen LogP contribution in [0.4, 0.5) is 5.69 Å². The minimum Gasteiger partial charge on any atom is -0.384 e. The van der Waals surface area contributed by atoms with Crippen LogP contribution in [0.3, 0.4) is 0 Å². The molecule has 1 rings (SSSR count). The number of sulfonamides is 1. The summed E-state index contributed by atoms with van der Waals surface area (Å²) in [5, 5.41) is 7.99. The number of nitrogens with two attached hydrogens (primary N) is 1. The molecular formula is C10H16N2O2S. The first-order chi connectivity index (χ1) is 6.90. The van der Waals surface area contributed by atoms with Gasteiger partial charge in [-0.1, -0.05) is 18.2 Å². The van der Waals surface area contributed by atoms with Crippen LogP contribution in [0.2, 0.25) is 0 Å². The summed E-state index contributed by atoms with van der Waals surface area (Å²) in [4.78, 5) is 0. The first-order valence-electron chi connectivity index (χ1n) is 4.71. The molecule has 0 bridgehead atoms. The van der Waals surface area contributed by atoms with Crippen LogP contribution in [0.15, 0.2) is 18.2 Å². The third-order valence-electron chi connectivity index (χ3n) is 2.17. The number of nitrogens with one attached hydrogen (secondary N) is 1. The van der Waals surface area contributed by atoms with Gasteiger partial charge in [-0.15, -0.1) is 0 Å². The molecule has 0 radical (unpaired) electrons. The summed E-state index contributed by atoms with van der Waals surface area (Å²) >= 11 is 0. The minimum absolute atomic E-state index is 0.0548. The summed E-state index contributed by atoms with van der Waals surface area (Å²) in [5.41, 5.74) is 3.19. The Hall–Kier alpha value is -1.07. The summed E-state index contributed by atoms with van der Waals surface area (Å²) in [7, 11) is -3.38. The summed E-state index contributed by atoms with van der Waals surface area (Å²) in [6.45, 7) is 4.29. The number of hydrogen-bond donors (Lipinski definition) is 2. The van der Waals surface area contributed by atoms with E-state index in [0.29, 0.717) is 6.54 Å². The Labute approximate surface area is 90.5 Å². The van der Waals surface area contributed by atoms with Gasteiger partial charge in [-0.05, 0) is 25.0 Å². The topological polar surface area (TPSA) is 72.2 Å². The Morgan fingerprint density at radius 2 is 1.80 bits per heavy atom. The standard InChI is InChI=1S/C10H16N2O2S/c1-8-4-3-5-9(2)10(8)12-6-7-15(11,13)14/h3-5,12H,6-7H2,1-2H3,(H2,11,13,14). The number of benzene rings is 1. The molecule has 1 aromatic carbocycles. The molecule has 3 N–H and O–H groups in total. The quantitative estimate of drug-likeness (QED) is 0.807. The van der Waals surface area contributed by atoms with Crippen molar-refractivity contribution in [3.05, 3.63) is 29.3 Å². The van der Waals surface area contributed by atoms with Crippen LogP contribution in [0, 0.1) is 13.8 Å². The summed E-state index contributed by atoms with van der Waals surface area (Å²) in [6, 6.07) is 5.92. The summed E-state index contributed by atoms with van der Waals surface area (Å²) in [6.07, 6.45) is 0. The lowest BCUT2D eigenvalue weighted by Crippen LogP contribution is -2.22. The average Bonchev–Trinajstić information content (AvgIpc) is 2.08. The Morgan fingerprint density at radius 1 is 1.27 bits per heavy atom. The maximum atomic E-state index is 10.7. The van der Waals surface area contributed by atoms with Gasteiger partial charge in [0, 0.05) is 12.2 Å². The van der Waals surface area contributed by atoms with Gasteiger partial charge in [-0.3, -0.25) is 0 Å². The number of aryl methyl sites for hydroxylation is 2. The molecule has 0 spiro atoms. The predicted molar refractivity (Wildman–Crippen MR) is 62.4 cm³/mol. The highest BCUT2D eigenvalue weighted by molar-refractivity contribution is 7.89. The zero-order valence-electron chi connectivity index (χ0n) is 8.95. The highest BCUT2D eigenvalue weighted by Gasteiger charge is 2.04. The van der Waals surface area contributed by atoms with Gasteiger partial charge in [0.05, 0.1) is 5.75 Å². The van der Waals surface area contributed by atoms with E-state index in [1.165, 1.54) is 0 Å². The van der Waals surface area contributed by atoms with Crippen molar-refractivity contribution in [3.8, 4) is 0 Å². The smallest absolute Gasteiger partial charge is 0.210 e. The van der Waals surface area contributed by atoms with Gasteiger partial charge in [0.1, 0.15) is 0 Å². The summed E-state index contributed by atoms with van der Waals surface area (Å²) in [5.74, 6) is -0.0548. The monoisotopic (exact) mass is 228 g/mol. The van der Waals surface area contributed by atoms with Crippen molar-refractivity contribution < 1.29 is 8.42 Å². The molecule has 0 aliphatic rings. The normalized spacial score (nSPS) is 11.4. The zero-order valence-corrected chi connectivity index (χ0v) is 9.76. The van der Waals surface area contributed by atoms with Gasteiger partial charge in [0.15, 0.2) is 0 Å². The highest BCUT2D eigenvalue weighted by Crippen LogP contribution is 2.18. The summed E-state index contributed by atoms with van der Waals surface area (Å²) < 4.78 is 21.5. The molecule has 0 atom stereocenters. The molecule has 1 aromatic rings. The van der Waals surface area contributed by atoms with Crippen molar-refractivity contribution in [2.75, 3.05) is 17.6 Å². The second kappa shape index (κ2) is 4.63. The van der Waals surface area contributed by atoms with E-state index in [0.717, 1.165) is 16.8 Å². The molecule has 5 heteroatoms. The van der Waals surface area contributed by atoms with Crippen molar-refractivity contribution in [1.29, 1.82) is 0 Å². The van der Waals surface area contributed by atoms with Gasteiger partial charge in [0.2, 0.25) is 10.0 Å². The Kier molecular flexibility index (Phi) is 3.71. The first-order valence-corrected chi connectivity index (χ1v) is 6.42. The van der Waals surface area contributed by atoms with Crippen molar-refractivity contribution >= 4 is 15.7 Å². The van der Waals surface area contributed by atoms with Gasteiger partial charge in [-0.2, -0.15) is 0 Å². The second-order valence-corrected chi connectivity index (χ2v) is 5.29. The first kappa shape index (κ1) is 12.0. The molecule has 0 amide bonds. The van der Waals surface area contributed by atoms with Crippen LogP contribution in [0.25, 0.3) is 0 Å². The molecule has 0 aliphatic carbocycles. The number of rotatable bonds is 4. The van der Waals surface area contributed by atoms with Crippen LogP contribution in [-0.2, 0) is 10.0 Å². The van der Waals surface area contributed by atoms with Crippen LogP contribution >= 0.6 is 0 Å². The van der Waals surface area contributed by atoms with Crippen molar-refractivity contribution in [2.45, 2.75) is 13.8 Å². The maximum Gasteiger partial charge on any atom is 0.210 e. The van der Waals surface area contributed by atoms with Gasteiger partial charge >= 0.3 is 0 Å². The van der Waals surface area contributed by atoms with Crippen LogP contribution in [0.5, 0.6) is 0 Å². The largest absolute Gasteiger partial charge is 0.384 e. The number of para-hydroxylation sites is 1. The van der Waals surface area contributed by atoms with Crippen molar-refractivity contribution in [3.63, 3.8) is 0 Å². The van der Waals surface area contributed by atoms with Crippen LogP contribution in [-0.4, -0.2) is 20.7 Å². The minimum atomic E-state index is -3.38. The lowest BCUT2D eigenvalue weighted by molar-refractivity contribution is 0.598. The van der Waals surface area contributed by atoms with E-state index >= 15 is 0 Å². The Morgan fingerprint density at radius 3 is 2.27 bits per heavy atom. The average molecular weight is 228 g/mol. The van der Waals surface area contributed by atoms with E-state index in [-0.39, 0.29) is 5.75 Å². The van der Waals surface area contributed by atoms with Crippen molar-refractivity contribution in [1.82, 2.24) is 0 Å². The molecule has 0 saturated heterocycles. The number of primary sulfonamides is 1. The van der Waals surface area contributed by atoms with E-state index in [1.54, 1.807) is 0 Å². The van der Waals surface area contributed by atoms with E-state index in [1.807, 2.05) is 32.0 Å². The Balaban J connectivity index is 2.66. The molecule has 0 fully saturated rings. The number of hydrogen-bond acceptors (Lipinski definition) is 3. The third kappa shape index (κ3) is 3.89. The Bertz CT molecular complexity index is 420. The van der Waals surface area contributed by atoms with Gasteiger partial charge in [0.25, 0.3) is 0 Å². The highest BCUT2D eigenvalue weighted by atomic mass is 32.2. The van der Waals surface area contributed by atoms with Crippen LogP contribution in [0.1, 0.15) is 11.1 Å². The van der Waals surface area contributed by atoms with E-state index in [4.69, 9.17) is 5.14 Å². The van der Waals surface area contributed by atoms with Crippen molar-refractivity contribution in [2.24, 2.45) is 5.14 Å². The molecule has 0 aromatic heterocycles. The fourth-order valence-corrected chi connectivity index (χ4v) is 1.80. The second-order valence-electron chi connectivity index (χ2n) is 3.56. The maximum absolute atomic E-state index is 10.7. The fourth-order valence-electron chi connectivity index (χ4n) is 1.41. The zero-order chi connectivity index (χ0) is 11.5.